The van der Waals surface area contributed by atoms with E-state index in [0.29, 0.717) is 37.8 Å². The molecule has 4 saturated heterocycles. The number of likely N-dealkylation sites (tertiary alicyclic amines) is 2. The quantitative estimate of drug-likeness (QED) is 0.753. The first-order chi connectivity index (χ1) is 14.5. The molecule has 6 rings (SSSR count). The molecule has 0 aromatic carbocycles. The molecule has 2 amide bonds. The normalized spacial score (nSPS) is 23.0. The van der Waals surface area contributed by atoms with Gasteiger partial charge in [0.25, 0.3) is 0 Å². The Balaban J connectivity index is 0.982. The van der Waals surface area contributed by atoms with Crippen LogP contribution in [0.25, 0.3) is 0 Å². The Morgan fingerprint density at radius 3 is 1.50 bits per heavy atom. The van der Waals surface area contributed by atoms with Crippen molar-refractivity contribution in [2.75, 3.05) is 62.2 Å². The summed E-state index contributed by atoms with van der Waals surface area (Å²) < 4.78 is 27.7. The van der Waals surface area contributed by atoms with Gasteiger partial charge in [-0.05, 0) is 24.3 Å². The van der Waals surface area contributed by atoms with Crippen LogP contribution >= 0.6 is 0 Å². The minimum absolute atomic E-state index is 0.0753. The minimum Gasteiger partial charge on any atom is -0.353 e. The standard InChI is InChI=1S/C21H22F2N6O/c22-15-3-1-5-24-17(15)26-7-20(8-26)11-28(12-20)19(30)29-13-21(14-29)9-27(10-21)18-16(23)4-2-6-25-18/h1-6H,7-14H2. The largest absolute Gasteiger partial charge is 0.353 e. The average molecular weight is 412 g/mol. The van der Waals surface area contributed by atoms with Crippen molar-refractivity contribution in [3.8, 4) is 0 Å². The highest BCUT2D eigenvalue weighted by atomic mass is 19.1. The molecule has 0 aliphatic carbocycles. The molecule has 2 aromatic rings. The molecule has 2 aromatic heterocycles. The van der Waals surface area contributed by atoms with Crippen molar-refractivity contribution in [1.82, 2.24) is 19.8 Å². The van der Waals surface area contributed by atoms with E-state index in [9.17, 15) is 13.6 Å². The number of nitrogens with zero attached hydrogens (tertiary/aromatic N) is 6. The number of carbonyl (C=O) groups is 1. The lowest BCUT2D eigenvalue weighted by molar-refractivity contribution is -0.0446. The number of anilines is 2. The summed E-state index contributed by atoms with van der Waals surface area (Å²) in [6, 6.07) is 6.11. The van der Waals surface area contributed by atoms with E-state index in [0.717, 1.165) is 26.2 Å². The van der Waals surface area contributed by atoms with Crippen LogP contribution in [0.5, 0.6) is 0 Å². The molecule has 4 fully saturated rings. The summed E-state index contributed by atoms with van der Waals surface area (Å²) in [5, 5.41) is 0. The number of aromatic nitrogens is 2. The molecular formula is C21H22F2N6O. The first-order valence-electron chi connectivity index (χ1n) is 10.2. The highest BCUT2D eigenvalue weighted by Gasteiger charge is 2.58. The van der Waals surface area contributed by atoms with E-state index < -0.39 is 0 Å². The zero-order valence-corrected chi connectivity index (χ0v) is 16.5. The number of pyridine rings is 2. The number of amides is 2. The smallest absolute Gasteiger partial charge is 0.320 e. The Kier molecular flexibility index (Phi) is 3.58. The summed E-state index contributed by atoms with van der Waals surface area (Å²) in [7, 11) is 0. The van der Waals surface area contributed by atoms with Crippen molar-refractivity contribution >= 4 is 17.7 Å². The van der Waals surface area contributed by atoms with Gasteiger partial charge in [-0.25, -0.2) is 23.5 Å². The van der Waals surface area contributed by atoms with Gasteiger partial charge in [0.15, 0.2) is 23.3 Å². The van der Waals surface area contributed by atoms with Gasteiger partial charge in [0.1, 0.15) is 0 Å². The fraction of sp³-hybridized carbons (Fsp3) is 0.476. The second-order valence-corrected chi connectivity index (χ2v) is 9.32. The Bertz CT molecular complexity index is 925. The van der Waals surface area contributed by atoms with E-state index >= 15 is 0 Å². The van der Waals surface area contributed by atoms with Crippen molar-refractivity contribution in [3.63, 3.8) is 0 Å². The van der Waals surface area contributed by atoms with Crippen molar-refractivity contribution in [2.24, 2.45) is 10.8 Å². The molecule has 0 saturated carbocycles. The molecule has 0 radical (unpaired) electrons. The number of hydrogen-bond donors (Lipinski definition) is 0. The van der Waals surface area contributed by atoms with Crippen molar-refractivity contribution in [2.45, 2.75) is 0 Å². The Labute approximate surface area is 172 Å². The summed E-state index contributed by atoms with van der Waals surface area (Å²) in [6.45, 7) is 5.80. The van der Waals surface area contributed by atoms with E-state index in [1.165, 1.54) is 12.1 Å². The van der Waals surface area contributed by atoms with Gasteiger partial charge in [0.05, 0.1) is 0 Å². The van der Waals surface area contributed by atoms with Crippen LogP contribution in [0.4, 0.5) is 25.2 Å². The van der Waals surface area contributed by atoms with E-state index in [1.807, 2.05) is 19.6 Å². The first kappa shape index (κ1) is 17.9. The molecule has 9 heteroatoms. The van der Waals surface area contributed by atoms with Crippen LogP contribution in [0.1, 0.15) is 0 Å². The molecular weight excluding hydrogens is 390 g/mol. The van der Waals surface area contributed by atoms with Crippen LogP contribution < -0.4 is 9.80 Å². The minimum atomic E-state index is -0.300. The zero-order valence-electron chi connectivity index (χ0n) is 16.5. The summed E-state index contributed by atoms with van der Waals surface area (Å²) in [5.41, 5.74) is 0.151. The Morgan fingerprint density at radius 2 is 1.13 bits per heavy atom. The lowest BCUT2D eigenvalue weighted by Gasteiger charge is -2.64. The lowest BCUT2D eigenvalue weighted by Crippen LogP contribution is -2.78. The molecule has 2 spiro atoms. The van der Waals surface area contributed by atoms with Crippen LogP contribution in [-0.2, 0) is 0 Å². The summed E-state index contributed by atoms with van der Waals surface area (Å²) in [4.78, 5) is 28.6. The first-order valence-corrected chi connectivity index (χ1v) is 10.2. The number of urea groups is 1. The molecule has 0 unspecified atom stereocenters. The molecule has 156 valence electrons. The third-order valence-corrected chi connectivity index (χ3v) is 6.83. The number of rotatable bonds is 2. The van der Waals surface area contributed by atoms with E-state index in [-0.39, 0.29) is 28.5 Å². The van der Waals surface area contributed by atoms with Crippen LogP contribution in [0.3, 0.4) is 0 Å². The highest BCUT2D eigenvalue weighted by molar-refractivity contribution is 5.77. The summed E-state index contributed by atoms with van der Waals surface area (Å²) in [6.07, 6.45) is 3.20. The predicted octanol–water partition coefficient (Wildman–Crippen LogP) is 1.82. The SMILES string of the molecule is O=C(N1CC2(C1)CN(c1ncccc1F)C2)N1CC2(C1)CN(c1ncccc1F)C2. The van der Waals surface area contributed by atoms with Gasteiger partial charge < -0.3 is 19.6 Å². The summed E-state index contributed by atoms with van der Waals surface area (Å²) >= 11 is 0. The maximum absolute atomic E-state index is 13.9. The molecule has 0 N–H and O–H groups in total. The van der Waals surface area contributed by atoms with Gasteiger partial charge in [-0.2, -0.15) is 0 Å². The Hall–Kier alpha value is -2.97. The molecule has 0 bridgehead atoms. The van der Waals surface area contributed by atoms with Crippen LogP contribution in [0.15, 0.2) is 36.7 Å². The van der Waals surface area contributed by atoms with Crippen LogP contribution in [0.2, 0.25) is 0 Å². The lowest BCUT2D eigenvalue weighted by atomic mass is 9.71. The van der Waals surface area contributed by atoms with Crippen molar-refractivity contribution in [1.29, 1.82) is 0 Å². The maximum atomic E-state index is 13.9. The number of hydrogen-bond acceptors (Lipinski definition) is 5. The summed E-state index contributed by atoms with van der Waals surface area (Å²) in [5.74, 6) is 0.198. The van der Waals surface area contributed by atoms with Gasteiger partial charge in [0.2, 0.25) is 0 Å². The fourth-order valence-electron chi connectivity index (χ4n) is 5.44. The number of carbonyl (C=O) groups excluding carboxylic acids is 1. The van der Waals surface area contributed by atoms with Gasteiger partial charge in [-0.15, -0.1) is 0 Å². The topological polar surface area (TPSA) is 55.8 Å². The van der Waals surface area contributed by atoms with Gasteiger partial charge in [0, 0.05) is 75.6 Å². The highest BCUT2D eigenvalue weighted by Crippen LogP contribution is 2.45. The molecule has 30 heavy (non-hydrogen) atoms. The molecule has 6 heterocycles. The number of halogens is 2. The van der Waals surface area contributed by atoms with Crippen LogP contribution in [0, 0.1) is 22.5 Å². The second-order valence-electron chi connectivity index (χ2n) is 9.32. The van der Waals surface area contributed by atoms with Crippen molar-refractivity contribution in [3.05, 3.63) is 48.3 Å². The Morgan fingerprint density at radius 1 is 0.733 bits per heavy atom. The fourth-order valence-corrected chi connectivity index (χ4v) is 5.44. The van der Waals surface area contributed by atoms with E-state index in [2.05, 4.69) is 9.97 Å². The predicted molar refractivity (Wildman–Crippen MR) is 106 cm³/mol. The molecule has 4 aliphatic rings. The van der Waals surface area contributed by atoms with Gasteiger partial charge in [-0.3, -0.25) is 0 Å². The zero-order chi connectivity index (χ0) is 20.5. The molecule has 0 atom stereocenters. The maximum Gasteiger partial charge on any atom is 0.320 e. The third-order valence-electron chi connectivity index (χ3n) is 6.83. The second kappa shape index (κ2) is 6.02. The van der Waals surface area contributed by atoms with Crippen LogP contribution in [-0.4, -0.2) is 78.2 Å². The van der Waals surface area contributed by atoms with E-state index in [1.54, 1.807) is 24.5 Å². The van der Waals surface area contributed by atoms with Gasteiger partial charge >= 0.3 is 6.03 Å². The molecule has 7 nitrogen and oxygen atoms in total. The molecule has 4 aliphatic heterocycles. The van der Waals surface area contributed by atoms with Gasteiger partial charge in [-0.1, -0.05) is 0 Å². The average Bonchev–Trinajstić information content (AvgIpc) is 2.60. The van der Waals surface area contributed by atoms with Crippen molar-refractivity contribution < 1.29 is 13.6 Å². The monoisotopic (exact) mass is 412 g/mol. The van der Waals surface area contributed by atoms with E-state index in [4.69, 9.17) is 0 Å². The third kappa shape index (κ3) is 2.57.